The summed E-state index contributed by atoms with van der Waals surface area (Å²) in [5.41, 5.74) is 1.40. The average Bonchev–Trinajstić information content (AvgIpc) is 3.10. The number of amides is 1. The quantitative estimate of drug-likeness (QED) is 0.530. The molecule has 5 nitrogen and oxygen atoms in total. The Labute approximate surface area is 170 Å². The molecule has 0 fully saturated rings. The Morgan fingerprint density at radius 1 is 1.14 bits per heavy atom. The van der Waals surface area contributed by atoms with Crippen LogP contribution in [0.2, 0.25) is 5.02 Å². The van der Waals surface area contributed by atoms with Gasteiger partial charge in [0.25, 0.3) is 5.56 Å². The number of fused-ring (bicyclic) bond motifs is 1. The number of nitrogens with zero attached hydrogens (tertiary/aromatic N) is 2. The van der Waals surface area contributed by atoms with Crippen LogP contribution >= 0.6 is 22.9 Å². The SMILES string of the molecule is Cc1nc2sc(-c3ccccc3)cc2c(=O)n1CC(=O)Nc1cccc(Cl)c1. The van der Waals surface area contributed by atoms with Crippen LogP contribution in [0.3, 0.4) is 0 Å². The average molecular weight is 410 g/mol. The first-order valence-corrected chi connectivity index (χ1v) is 9.82. The Bertz CT molecular complexity index is 1230. The van der Waals surface area contributed by atoms with Gasteiger partial charge in [-0.3, -0.25) is 14.2 Å². The smallest absolute Gasteiger partial charge is 0.262 e. The molecule has 0 bridgehead atoms. The van der Waals surface area contributed by atoms with Gasteiger partial charge in [-0.15, -0.1) is 11.3 Å². The van der Waals surface area contributed by atoms with Crippen molar-refractivity contribution in [1.29, 1.82) is 0 Å². The molecular formula is C21H16ClN3O2S. The molecule has 0 unspecified atom stereocenters. The molecule has 0 saturated carbocycles. The van der Waals surface area contributed by atoms with E-state index in [-0.39, 0.29) is 18.0 Å². The van der Waals surface area contributed by atoms with Gasteiger partial charge in [-0.25, -0.2) is 4.98 Å². The zero-order chi connectivity index (χ0) is 19.7. The van der Waals surface area contributed by atoms with Crippen molar-refractivity contribution in [3.8, 4) is 10.4 Å². The molecule has 0 aliphatic carbocycles. The van der Waals surface area contributed by atoms with Gasteiger partial charge in [0, 0.05) is 15.6 Å². The second kappa shape index (κ2) is 7.58. The first kappa shape index (κ1) is 18.4. The molecule has 2 aromatic carbocycles. The number of thiophene rings is 1. The summed E-state index contributed by atoms with van der Waals surface area (Å²) in [4.78, 5) is 31.6. The molecule has 0 radical (unpaired) electrons. The molecule has 0 spiro atoms. The number of anilines is 1. The number of carbonyl (C=O) groups excluding carboxylic acids is 1. The Hall–Kier alpha value is -2.96. The lowest BCUT2D eigenvalue weighted by Crippen LogP contribution is -2.29. The molecule has 0 saturated heterocycles. The van der Waals surface area contributed by atoms with Crippen LogP contribution in [0.1, 0.15) is 5.82 Å². The Balaban J connectivity index is 1.65. The molecule has 7 heteroatoms. The molecule has 1 amide bonds. The number of benzene rings is 2. The van der Waals surface area contributed by atoms with E-state index in [0.717, 1.165) is 10.4 Å². The number of aryl methyl sites for hydroxylation is 1. The highest BCUT2D eigenvalue weighted by Crippen LogP contribution is 2.30. The topological polar surface area (TPSA) is 64.0 Å². The number of aromatic nitrogens is 2. The van der Waals surface area contributed by atoms with Gasteiger partial charge in [-0.05, 0) is 36.8 Å². The van der Waals surface area contributed by atoms with Crippen molar-refractivity contribution in [2.24, 2.45) is 0 Å². The summed E-state index contributed by atoms with van der Waals surface area (Å²) in [5, 5.41) is 3.80. The van der Waals surface area contributed by atoms with E-state index in [4.69, 9.17) is 11.6 Å². The van der Waals surface area contributed by atoms with Crippen molar-refractivity contribution >= 4 is 44.7 Å². The highest BCUT2D eigenvalue weighted by Gasteiger charge is 2.15. The fourth-order valence-corrected chi connectivity index (χ4v) is 4.22. The van der Waals surface area contributed by atoms with Crippen LogP contribution in [0, 0.1) is 6.92 Å². The van der Waals surface area contributed by atoms with Crippen LogP contribution in [0.5, 0.6) is 0 Å². The minimum Gasteiger partial charge on any atom is -0.324 e. The predicted octanol–water partition coefficient (Wildman–Crippen LogP) is 4.73. The molecule has 1 N–H and O–H groups in total. The maximum Gasteiger partial charge on any atom is 0.262 e. The first-order chi connectivity index (χ1) is 13.5. The van der Waals surface area contributed by atoms with E-state index in [1.165, 1.54) is 15.9 Å². The van der Waals surface area contributed by atoms with E-state index in [1.807, 2.05) is 36.4 Å². The van der Waals surface area contributed by atoms with Crippen LogP contribution in [-0.4, -0.2) is 15.5 Å². The summed E-state index contributed by atoms with van der Waals surface area (Å²) in [6.07, 6.45) is 0. The highest BCUT2D eigenvalue weighted by atomic mass is 35.5. The third-order valence-electron chi connectivity index (χ3n) is 4.31. The van der Waals surface area contributed by atoms with Crippen LogP contribution in [0.15, 0.2) is 65.5 Å². The zero-order valence-corrected chi connectivity index (χ0v) is 16.6. The van der Waals surface area contributed by atoms with Gasteiger partial charge in [0.1, 0.15) is 17.2 Å². The monoisotopic (exact) mass is 409 g/mol. The van der Waals surface area contributed by atoms with Crippen LogP contribution in [0.4, 0.5) is 5.69 Å². The van der Waals surface area contributed by atoms with E-state index in [0.29, 0.717) is 26.8 Å². The number of nitrogens with one attached hydrogen (secondary N) is 1. The lowest BCUT2D eigenvalue weighted by molar-refractivity contribution is -0.116. The number of rotatable bonds is 4. The van der Waals surface area contributed by atoms with Gasteiger partial charge in [-0.1, -0.05) is 48.0 Å². The van der Waals surface area contributed by atoms with Gasteiger partial charge in [0.15, 0.2) is 0 Å². The van der Waals surface area contributed by atoms with Crippen LogP contribution in [0.25, 0.3) is 20.7 Å². The van der Waals surface area contributed by atoms with Gasteiger partial charge in [-0.2, -0.15) is 0 Å². The van der Waals surface area contributed by atoms with Crippen molar-refractivity contribution in [1.82, 2.24) is 9.55 Å². The standard InChI is InChI=1S/C21H16ClN3O2S/c1-13-23-20-17(11-18(28-20)14-6-3-2-4-7-14)21(27)25(13)12-19(26)24-16-9-5-8-15(22)10-16/h2-11H,12H2,1H3,(H,24,26). The Morgan fingerprint density at radius 2 is 1.93 bits per heavy atom. The molecule has 0 aliphatic heterocycles. The maximum atomic E-state index is 13.0. The fourth-order valence-electron chi connectivity index (χ4n) is 2.96. The summed E-state index contributed by atoms with van der Waals surface area (Å²) in [5.74, 6) is 0.187. The van der Waals surface area contributed by atoms with Crippen molar-refractivity contribution < 1.29 is 4.79 Å². The van der Waals surface area contributed by atoms with E-state index < -0.39 is 0 Å². The summed E-state index contributed by atoms with van der Waals surface area (Å²) >= 11 is 7.41. The molecule has 0 atom stereocenters. The van der Waals surface area contributed by atoms with E-state index >= 15 is 0 Å². The van der Waals surface area contributed by atoms with E-state index in [1.54, 1.807) is 31.2 Å². The number of hydrogen-bond acceptors (Lipinski definition) is 4. The third-order valence-corrected chi connectivity index (χ3v) is 5.62. The van der Waals surface area contributed by atoms with E-state index in [9.17, 15) is 9.59 Å². The van der Waals surface area contributed by atoms with Gasteiger partial charge in [0.2, 0.25) is 5.91 Å². The minimum absolute atomic E-state index is 0.114. The van der Waals surface area contributed by atoms with Crippen molar-refractivity contribution in [2.75, 3.05) is 5.32 Å². The predicted molar refractivity (Wildman–Crippen MR) is 114 cm³/mol. The fraction of sp³-hybridized carbons (Fsp3) is 0.0952. The molecule has 0 aliphatic rings. The first-order valence-electron chi connectivity index (χ1n) is 8.63. The van der Waals surface area contributed by atoms with Gasteiger partial charge < -0.3 is 5.32 Å². The number of halogens is 1. The molecule has 4 aromatic rings. The van der Waals surface area contributed by atoms with Gasteiger partial charge >= 0.3 is 0 Å². The molecule has 28 heavy (non-hydrogen) atoms. The van der Waals surface area contributed by atoms with Crippen molar-refractivity contribution in [3.63, 3.8) is 0 Å². The number of hydrogen-bond donors (Lipinski definition) is 1. The molecular weight excluding hydrogens is 394 g/mol. The van der Waals surface area contributed by atoms with Crippen molar-refractivity contribution in [2.45, 2.75) is 13.5 Å². The van der Waals surface area contributed by atoms with Gasteiger partial charge in [0.05, 0.1) is 5.39 Å². The summed E-state index contributed by atoms with van der Waals surface area (Å²) in [6, 6.07) is 18.6. The molecule has 4 rings (SSSR count). The molecule has 140 valence electrons. The van der Waals surface area contributed by atoms with Crippen LogP contribution in [-0.2, 0) is 11.3 Å². The summed E-state index contributed by atoms with van der Waals surface area (Å²) in [6.45, 7) is 1.62. The lowest BCUT2D eigenvalue weighted by atomic mass is 10.2. The van der Waals surface area contributed by atoms with Crippen molar-refractivity contribution in [3.05, 3.63) is 81.9 Å². The second-order valence-electron chi connectivity index (χ2n) is 6.30. The molecule has 2 heterocycles. The Morgan fingerprint density at radius 3 is 2.68 bits per heavy atom. The zero-order valence-electron chi connectivity index (χ0n) is 15.0. The number of carbonyl (C=O) groups is 1. The minimum atomic E-state index is -0.313. The highest BCUT2D eigenvalue weighted by molar-refractivity contribution is 7.21. The maximum absolute atomic E-state index is 13.0. The molecule has 2 aromatic heterocycles. The summed E-state index contributed by atoms with van der Waals surface area (Å²) < 4.78 is 1.39. The Kier molecular flexibility index (Phi) is 4.98. The summed E-state index contributed by atoms with van der Waals surface area (Å²) in [7, 11) is 0. The van der Waals surface area contributed by atoms with Crippen LogP contribution < -0.4 is 10.9 Å². The largest absolute Gasteiger partial charge is 0.324 e. The van der Waals surface area contributed by atoms with E-state index in [2.05, 4.69) is 10.3 Å². The lowest BCUT2D eigenvalue weighted by Gasteiger charge is -2.10. The second-order valence-corrected chi connectivity index (χ2v) is 7.77. The third kappa shape index (κ3) is 3.69. The normalized spacial score (nSPS) is 10.9.